The Morgan fingerprint density at radius 3 is 2.00 bits per heavy atom. The lowest BCUT2D eigenvalue weighted by molar-refractivity contribution is 0.846. The van der Waals surface area contributed by atoms with E-state index < -0.39 is 0 Å². The molecule has 0 aromatic heterocycles. The third-order valence-corrected chi connectivity index (χ3v) is 4.00. The van der Waals surface area contributed by atoms with Gasteiger partial charge in [0.25, 0.3) is 0 Å². The Morgan fingerprint density at radius 2 is 1.47 bits per heavy atom. The molecule has 0 aliphatic rings. The van der Waals surface area contributed by atoms with Gasteiger partial charge in [-0.25, -0.2) is 0 Å². The van der Waals surface area contributed by atoms with Crippen LogP contribution in [0.25, 0.3) is 0 Å². The molecule has 1 atom stereocenters. The highest BCUT2D eigenvalue weighted by atomic mass is 14.6. The minimum absolute atomic E-state index is 0.123. The molecule has 0 amide bonds. The zero-order valence-corrected chi connectivity index (χ0v) is 12.1. The van der Waals surface area contributed by atoms with Gasteiger partial charge in [0.05, 0.1) is 6.04 Å². The van der Waals surface area contributed by atoms with Crippen LogP contribution in [0.3, 0.4) is 0 Å². The average molecular weight is 254 g/mol. The van der Waals surface area contributed by atoms with E-state index in [1.54, 1.807) is 0 Å². The predicted octanol–water partition coefficient (Wildman–Crippen LogP) is 3.55. The zero-order valence-electron chi connectivity index (χ0n) is 12.1. The van der Waals surface area contributed by atoms with Gasteiger partial charge in [-0.2, -0.15) is 0 Å². The SMILES string of the molecule is Cc1cc(C)c(C)c(C(N)c2cccc(N)c2)c1C. The second-order valence-electron chi connectivity index (χ2n) is 5.32. The molecule has 2 nitrogen and oxygen atoms in total. The third kappa shape index (κ3) is 2.49. The lowest BCUT2D eigenvalue weighted by Gasteiger charge is -2.21. The maximum Gasteiger partial charge on any atom is 0.0557 e. The van der Waals surface area contributed by atoms with Crippen molar-refractivity contribution >= 4 is 5.69 Å². The van der Waals surface area contributed by atoms with Gasteiger partial charge in [-0.1, -0.05) is 18.2 Å². The van der Waals surface area contributed by atoms with Crippen molar-refractivity contribution in [3.63, 3.8) is 0 Å². The molecule has 1 unspecified atom stereocenters. The van der Waals surface area contributed by atoms with Gasteiger partial charge in [0.1, 0.15) is 0 Å². The number of aryl methyl sites for hydroxylation is 2. The molecule has 2 aromatic rings. The molecule has 0 radical (unpaired) electrons. The van der Waals surface area contributed by atoms with Crippen molar-refractivity contribution in [3.05, 3.63) is 63.7 Å². The smallest absolute Gasteiger partial charge is 0.0557 e. The molecular weight excluding hydrogens is 232 g/mol. The van der Waals surface area contributed by atoms with E-state index in [0.717, 1.165) is 11.3 Å². The van der Waals surface area contributed by atoms with E-state index in [9.17, 15) is 0 Å². The van der Waals surface area contributed by atoms with Crippen LogP contribution < -0.4 is 11.5 Å². The molecule has 0 aliphatic heterocycles. The van der Waals surface area contributed by atoms with Crippen molar-refractivity contribution in [2.45, 2.75) is 33.7 Å². The summed E-state index contributed by atoms with van der Waals surface area (Å²) in [6.45, 7) is 8.56. The standard InChI is InChI=1S/C17H22N2/c1-10-8-11(2)13(4)16(12(10)3)17(19)14-6-5-7-15(18)9-14/h5-9,17H,18-19H2,1-4H3. The minimum Gasteiger partial charge on any atom is -0.399 e. The molecule has 0 aliphatic carbocycles. The molecule has 0 saturated carbocycles. The lowest BCUT2D eigenvalue weighted by atomic mass is 9.87. The third-order valence-electron chi connectivity index (χ3n) is 4.00. The van der Waals surface area contributed by atoms with E-state index in [1.165, 1.54) is 27.8 Å². The Kier molecular flexibility index (Phi) is 3.63. The van der Waals surface area contributed by atoms with Crippen LogP contribution in [0.1, 0.15) is 39.4 Å². The van der Waals surface area contributed by atoms with Crippen molar-refractivity contribution in [3.8, 4) is 0 Å². The van der Waals surface area contributed by atoms with Crippen LogP contribution in [0.5, 0.6) is 0 Å². The Balaban J connectivity index is 2.59. The quantitative estimate of drug-likeness (QED) is 0.805. The van der Waals surface area contributed by atoms with Gasteiger partial charge in [0, 0.05) is 5.69 Å². The fourth-order valence-electron chi connectivity index (χ4n) is 2.63. The van der Waals surface area contributed by atoms with Gasteiger partial charge in [-0.3, -0.25) is 0 Å². The number of nitrogen functional groups attached to an aromatic ring is 1. The van der Waals surface area contributed by atoms with E-state index in [2.05, 4.69) is 33.8 Å². The Labute approximate surface area is 115 Å². The van der Waals surface area contributed by atoms with Crippen LogP contribution in [0.2, 0.25) is 0 Å². The van der Waals surface area contributed by atoms with E-state index >= 15 is 0 Å². The number of nitrogens with two attached hydrogens (primary N) is 2. The van der Waals surface area contributed by atoms with Crippen LogP contribution in [-0.2, 0) is 0 Å². The predicted molar refractivity (Wildman–Crippen MR) is 82.3 cm³/mol. The number of hydrogen-bond acceptors (Lipinski definition) is 2. The van der Waals surface area contributed by atoms with E-state index in [0.29, 0.717) is 0 Å². The summed E-state index contributed by atoms with van der Waals surface area (Å²) in [4.78, 5) is 0. The monoisotopic (exact) mass is 254 g/mol. The maximum absolute atomic E-state index is 6.47. The summed E-state index contributed by atoms with van der Waals surface area (Å²) in [7, 11) is 0. The molecule has 100 valence electrons. The van der Waals surface area contributed by atoms with Gasteiger partial charge in [-0.15, -0.1) is 0 Å². The fourth-order valence-corrected chi connectivity index (χ4v) is 2.63. The van der Waals surface area contributed by atoms with Crippen molar-refractivity contribution in [1.82, 2.24) is 0 Å². The number of hydrogen-bond donors (Lipinski definition) is 2. The van der Waals surface area contributed by atoms with Crippen LogP contribution in [0.4, 0.5) is 5.69 Å². The van der Waals surface area contributed by atoms with E-state index in [4.69, 9.17) is 11.5 Å². The number of rotatable bonds is 2. The number of anilines is 1. The first-order valence-electron chi connectivity index (χ1n) is 6.60. The van der Waals surface area contributed by atoms with Crippen LogP contribution in [-0.4, -0.2) is 0 Å². The van der Waals surface area contributed by atoms with Crippen LogP contribution >= 0.6 is 0 Å². The van der Waals surface area contributed by atoms with Gasteiger partial charge in [0.2, 0.25) is 0 Å². The highest BCUT2D eigenvalue weighted by molar-refractivity contribution is 5.51. The molecule has 0 bridgehead atoms. The van der Waals surface area contributed by atoms with Crippen molar-refractivity contribution in [1.29, 1.82) is 0 Å². The van der Waals surface area contributed by atoms with Gasteiger partial charge in [0.15, 0.2) is 0 Å². The molecule has 0 saturated heterocycles. The van der Waals surface area contributed by atoms with Gasteiger partial charge >= 0.3 is 0 Å². The van der Waals surface area contributed by atoms with Crippen molar-refractivity contribution in [2.75, 3.05) is 5.73 Å². The topological polar surface area (TPSA) is 52.0 Å². The highest BCUT2D eigenvalue weighted by Gasteiger charge is 2.17. The van der Waals surface area contributed by atoms with E-state index in [-0.39, 0.29) is 6.04 Å². The molecule has 2 aromatic carbocycles. The summed E-state index contributed by atoms with van der Waals surface area (Å²) in [5.41, 5.74) is 20.5. The molecule has 0 heterocycles. The minimum atomic E-state index is -0.123. The molecular formula is C17H22N2. The Hall–Kier alpha value is -1.80. The first kappa shape index (κ1) is 13.6. The first-order chi connectivity index (χ1) is 8.91. The number of benzene rings is 2. The Morgan fingerprint density at radius 1 is 0.895 bits per heavy atom. The lowest BCUT2D eigenvalue weighted by Crippen LogP contribution is -2.16. The maximum atomic E-state index is 6.47. The summed E-state index contributed by atoms with van der Waals surface area (Å²) in [5.74, 6) is 0. The van der Waals surface area contributed by atoms with Gasteiger partial charge in [-0.05, 0) is 73.2 Å². The molecule has 4 N–H and O–H groups in total. The molecule has 19 heavy (non-hydrogen) atoms. The summed E-state index contributed by atoms with van der Waals surface area (Å²) in [5, 5.41) is 0. The second kappa shape index (κ2) is 5.06. The van der Waals surface area contributed by atoms with Crippen LogP contribution in [0.15, 0.2) is 30.3 Å². The van der Waals surface area contributed by atoms with Crippen molar-refractivity contribution < 1.29 is 0 Å². The molecule has 2 rings (SSSR count). The van der Waals surface area contributed by atoms with E-state index in [1.807, 2.05) is 24.3 Å². The van der Waals surface area contributed by atoms with Crippen LogP contribution in [0, 0.1) is 27.7 Å². The largest absolute Gasteiger partial charge is 0.399 e. The molecule has 0 fully saturated rings. The molecule has 2 heteroatoms. The second-order valence-corrected chi connectivity index (χ2v) is 5.32. The fraction of sp³-hybridized carbons (Fsp3) is 0.294. The van der Waals surface area contributed by atoms with Gasteiger partial charge < -0.3 is 11.5 Å². The Bertz CT molecular complexity index is 589. The average Bonchev–Trinajstić information content (AvgIpc) is 2.36. The highest BCUT2D eigenvalue weighted by Crippen LogP contribution is 2.30. The summed E-state index contributed by atoms with van der Waals surface area (Å²) in [6.07, 6.45) is 0. The summed E-state index contributed by atoms with van der Waals surface area (Å²) in [6, 6.07) is 9.94. The first-order valence-corrected chi connectivity index (χ1v) is 6.60. The summed E-state index contributed by atoms with van der Waals surface area (Å²) < 4.78 is 0. The van der Waals surface area contributed by atoms with Crippen molar-refractivity contribution in [2.24, 2.45) is 5.73 Å². The summed E-state index contributed by atoms with van der Waals surface area (Å²) >= 11 is 0. The normalized spacial score (nSPS) is 12.5. The molecule has 0 spiro atoms. The zero-order chi connectivity index (χ0) is 14.2.